The first-order chi connectivity index (χ1) is 16.5. The lowest BCUT2D eigenvalue weighted by molar-refractivity contribution is -0.180. The Morgan fingerprint density at radius 1 is 1.03 bits per heavy atom. The molecule has 1 fully saturated rings. The highest BCUT2D eigenvalue weighted by atomic mass is 19.4. The minimum Gasteiger partial charge on any atom is -0.342 e. The zero-order valence-corrected chi connectivity index (χ0v) is 18.6. The number of nitrogens with one attached hydrogen (secondary N) is 1. The van der Waals surface area contributed by atoms with Gasteiger partial charge in [-0.3, -0.25) is 0 Å². The lowest BCUT2D eigenvalue weighted by atomic mass is 9.89. The fourth-order valence-electron chi connectivity index (χ4n) is 4.53. The number of benzene rings is 2. The first kappa shape index (κ1) is 25.2. The summed E-state index contributed by atoms with van der Waals surface area (Å²) in [4.78, 5) is 8.64. The second kappa shape index (κ2) is 10.0. The van der Waals surface area contributed by atoms with Gasteiger partial charge < -0.3 is 9.88 Å². The van der Waals surface area contributed by atoms with Gasteiger partial charge in [0, 0.05) is 19.5 Å². The fourth-order valence-corrected chi connectivity index (χ4v) is 4.53. The number of H-pyrrole nitrogens is 1. The number of piperidine rings is 1. The summed E-state index contributed by atoms with van der Waals surface area (Å²) >= 11 is 0. The highest BCUT2D eigenvalue weighted by molar-refractivity contribution is 5.58. The van der Waals surface area contributed by atoms with Crippen molar-refractivity contribution < 1.29 is 30.7 Å². The van der Waals surface area contributed by atoms with Gasteiger partial charge in [-0.15, -0.1) is 0 Å². The Labute approximate surface area is 198 Å². The van der Waals surface area contributed by atoms with E-state index in [4.69, 9.17) is 0 Å². The van der Waals surface area contributed by atoms with Crippen molar-refractivity contribution in [3.8, 4) is 11.3 Å². The molecule has 4 rings (SSSR count). The van der Waals surface area contributed by atoms with Crippen molar-refractivity contribution in [3.63, 3.8) is 0 Å². The third-order valence-corrected chi connectivity index (χ3v) is 6.36. The standard InChI is InChI=1S/C25H24F7N3/c26-21-8-6-16(7-9-21)22-13-33-23(34-22)12-20(25(30,31)32)15-35-10-2-4-18(14-35)17-3-1-5-19(11-17)24(27,28)29/h1,3,5-9,11,13,18,20H,2,4,10,12,14-15H2,(H,33,34). The maximum Gasteiger partial charge on any atom is 0.416 e. The van der Waals surface area contributed by atoms with E-state index in [2.05, 4.69) is 9.97 Å². The summed E-state index contributed by atoms with van der Waals surface area (Å²) in [6, 6.07) is 10.6. The number of hydrogen-bond donors (Lipinski definition) is 1. The van der Waals surface area contributed by atoms with Gasteiger partial charge in [-0.05, 0) is 66.8 Å². The molecule has 2 heterocycles. The third-order valence-electron chi connectivity index (χ3n) is 6.36. The summed E-state index contributed by atoms with van der Waals surface area (Å²) in [5, 5.41) is 0. The Bertz CT molecular complexity index is 1120. The van der Waals surface area contributed by atoms with Crippen LogP contribution in [-0.2, 0) is 12.6 Å². The molecule has 0 aliphatic carbocycles. The average molecular weight is 499 g/mol. The van der Waals surface area contributed by atoms with Gasteiger partial charge in [-0.2, -0.15) is 26.3 Å². The van der Waals surface area contributed by atoms with Gasteiger partial charge in [0.25, 0.3) is 0 Å². The molecular weight excluding hydrogens is 475 g/mol. The van der Waals surface area contributed by atoms with Crippen LogP contribution in [0.3, 0.4) is 0 Å². The van der Waals surface area contributed by atoms with Gasteiger partial charge in [-0.25, -0.2) is 9.37 Å². The fraction of sp³-hybridized carbons (Fsp3) is 0.400. The number of alkyl halides is 6. The van der Waals surface area contributed by atoms with Gasteiger partial charge in [-0.1, -0.05) is 18.2 Å². The molecule has 0 saturated carbocycles. The molecular formula is C25H24F7N3. The van der Waals surface area contributed by atoms with E-state index in [1.807, 2.05) is 0 Å². The van der Waals surface area contributed by atoms with Crippen LogP contribution in [0, 0.1) is 11.7 Å². The number of halogens is 7. The Kier molecular flexibility index (Phi) is 7.21. The van der Waals surface area contributed by atoms with Crippen LogP contribution in [0.15, 0.2) is 54.7 Å². The molecule has 188 valence electrons. The topological polar surface area (TPSA) is 31.9 Å². The SMILES string of the molecule is Fc1ccc(-c2cnc(CC(CN3CCCC(c4cccc(C(F)(F)F)c4)C3)C(F)(F)F)[nH]2)cc1. The highest BCUT2D eigenvalue weighted by Crippen LogP contribution is 2.35. The maximum absolute atomic E-state index is 13.9. The Balaban J connectivity index is 1.45. The molecule has 2 atom stereocenters. The largest absolute Gasteiger partial charge is 0.416 e. The van der Waals surface area contributed by atoms with Crippen LogP contribution in [0.2, 0.25) is 0 Å². The van der Waals surface area contributed by atoms with E-state index >= 15 is 0 Å². The average Bonchev–Trinajstić information content (AvgIpc) is 3.27. The summed E-state index contributed by atoms with van der Waals surface area (Å²) in [5.74, 6) is -2.22. The van der Waals surface area contributed by atoms with Gasteiger partial charge >= 0.3 is 12.4 Å². The minimum atomic E-state index is -4.48. The molecule has 1 aliphatic heterocycles. The van der Waals surface area contributed by atoms with Crippen molar-refractivity contribution >= 4 is 0 Å². The van der Waals surface area contributed by atoms with Crippen LogP contribution < -0.4 is 0 Å². The first-order valence-electron chi connectivity index (χ1n) is 11.2. The molecule has 1 N–H and O–H groups in total. The molecule has 0 spiro atoms. The quantitative estimate of drug-likeness (QED) is 0.377. The number of imidazole rings is 1. The normalized spacial score (nSPS) is 18.5. The summed E-state index contributed by atoms with van der Waals surface area (Å²) in [6.07, 6.45) is -6.68. The van der Waals surface area contributed by atoms with Crippen LogP contribution in [0.25, 0.3) is 11.3 Å². The van der Waals surface area contributed by atoms with Gasteiger partial charge in [0.05, 0.1) is 23.4 Å². The predicted octanol–water partition coefficient (Wildman–Crippen LogP) is 6.84. The molecule has 10 heteroatoms. The monoisotopic (exact) mass is 499 g/mol. The molecule has 3 aromatic rings. The Morgan fingerprint density at radius 3 is 2.46 bits per heavy atom. The number of rotatable bonds is 6. The molecule has 1 aromatic heterocycles. The number of aromatic amines is 1. The van der Waals surface area contributed by atoms with Gasteiger partial charge in [0.1, 0.15) is 11.6 Å². The Morgan fingerprint density at radius 2 is 1.77 bits per heavy atom. The van der Waals surface area contributed by atoms with Crippen LogP contribution in [-0.4, -0.2) is 40.7 Å². The number of likely N-dealkylation sites (tertiary alicyclic amines) is 1. The third kappa shape index (κ3) is 6.42. The van der Waals surface area contributed by atoms with E-state index in [1.165, 1.54) is 36.5 Å². The minimum absolute atomic E-state index is 0.165. The van der Waals surface area contributed by atoms with Crippen molar-refractivity contribution in [2.75, 3.05) is 19.6 Å². The predicted molar refractivity (Wildman–Crippen MR) is 117 cm³/mol. The molecule has 0 bridgehead atoms. The number of aromatic nitrogens is 2. The summed E-state index contributed by atoms with van der Waals surface area (Å²) < 4.78 is 94.1. The molecule has 3 nitrogen and oxygen atoms in total. The van der Waals surface area contributed by atoms with E-state index in [1.54, 1.807) is 11.0 Å². The second-order valence-corrected chi connectivity index (χ2v) is 8.92. The maximum atomic E-state index is 13.9. The van der Waals surface area contributed by atoms with Crippen molar-refractivity contribution in [1.82, 2.24) is 14.9 Å². The van der Waals surface area contributed by atoms with Crippen LogP contribution in [0.5, 0.6) is 0 Å². The van der Waals surface area contributed by atoms with Gasteiger partial charge in [0.2, 0.25) is 0 Å². The van der Waals surface area contributed by atoms with Crippen molar-refractivity contribution in [2.24, 2.45) is 5.92 Å². The van der Waals surface area contributed by atoms with Gasteiger partial charge in [0.15, 0.2) is 0 Å². The molecule has 1 saturated heterocycles. The summed E-state index contributed by atoms with van der Waals surface area (Å²) in [6.45, 7) is 0.430. The van der Waals surface area contributed by atoms with Crippen molar-refractivity contribution in [1.29, 1.82) is 0 Å². The van der Waals surface area contributed by atoms with E-state index in [9.17, 15) is 30.7 Å². The first-order valence-corrected chi connectivity index (χ1v) is 11.2. The van der Waals surface area contributed by atoms with Crippen LogP contribution in [0.1, 0.15) is 35.7 Å². The van der Waals surface area contributed by atoms with Crippen molar-refractivity contribution in [2.45, 2.75) is 37.5 Å². The van der Waals surface area contributed by atoms with E-state index in [-0.39, 0.29) is 31.3 Å². The van der Waals surface area contributed by atoms with E-state index < -0.39 is 29.7 Å². The molecule has 0 amide bonds. The molecule has 35 heavy (non-hydrogen) atoms. The Hall–Kier alpha value is -2.88. The van der Waals surface area contributed by atoms with E-state index in [0.717, 1.165) is 12.1 Å². The second-order valence-electron chi connectivity index (χ2n) is 8.92. The highest BCUT2D eigenvalue weighted by Gasteiger charge is 2.41. The van der Waals surface area contributed by atoms with Crippen LogP contribution in [0.4, 0.5) is 30.7 Å². The zero-order valence-electron chi connectivity index (χ0n) is 18.6. The summed E-state index contributed by atoms with van der Waals surface area (Å²) in [7, 11) is 0. The molecule has 1 aliphatic rings. The smallest absolute Gasteiger partial charge is 0.342 e. The number of hydrogen-bond acceptors (Lipinski definition) is 2. The number of nitrogens with zero attached hydrogens (tertiary/aromatic N) is 2. The van der Waals surface area contributed by atoms with Crippen molar-refractivity contribution in [3.05, 3.63) is 77.5 Å². The lowest BCUT2D eigenvalue weighted by Gasteiger charge is -2.35. The zero-order chi connectivity index (χ0) is 25.2. The molecule has 0 radical (unpaired) electrons. The summed E-state index contributed by atoms with van der Waals surface area (Å²) in [5.41, 5.74) is 0.829. The van der Waals surface area contributed by atoms with E-state index in [0.29, 0.717) is 36.2 Å². The lowest BCUT2D eigenvalue weighted by Crippen LogP contribution is -2.42. The van der Waals surface area contributed by atoms with Crippen LogP contribution >= 0.6 is 0 Å². The molecule has 2 unspecified atom stereocenters. The molecule has 2 aromatic carbocycles.